The van der Waals surface area contributed by atoms with Crippen LogP contribution in [0.15, 0.2) is 4.99 Å². The number of rotatable bonds is 6. The van der Waals surface area contributed by atoms with Gasteiger partial charge in [-0.2, -0.15) is 0 Å². The summed E-state index contributed by atoms with van der Waals surface area (Å²) in [7, 11) is -1.25. The van der Waals surface area contributed by atoms with E-state index >= 15 is 0 Å². The summed E-state index contributed by atoms with van der Waals surface area (Å²) in [5.41, 5.74) is 0. The number of nitrogens with zero attached hydrogens (tertiary/aromatic N) is 2. The minimum absolute atomic E-state index is 0.190. The van der Waals surface area contributed by atoms with E-state index in [0.717, 1.165) is 31.3 Å². The molecular formula is C14H28N4O2S. The molecule has 1 saturated heterocycles. The third-order valence-electron chi connectivity index (χ3n) is 4.32. The zero-order chi connectivity index (χ0) is 15.3. The van der Waals surface area contributed by atoms with Crippen molar-refractivity contribution in [2.45, 2.75) is 45.1 Å². The van der Waals surface area contributed by atoms with Gasteiger partial charge in [-0.25, -0.2) is 12.7 Å². The molecule has 1 aliphatic carbocycles. The van der Waals surface area contributed by atoms with E-state index < -0.39 is 10.0 Å². The molecule has 1 heterocycles. The maximum absolute atomic E-state index is 11.8. The van der Waals surface area contributed by atoms with E-state index in [9.17, 15) is 8.42 Å². The first-order valence-electron chi connectivity index (χ1n) is 8.00. The average Bonchev–Trinajstić information content (AvgIpc) is 3.31. The minimum Gasteiger partial charge on any atom is -0.356 e. The summed E-state index contributed by atoms with van der Waals surface area (Å²) in [6.07, 6.45) is 5.63. The second kappa shape index (κ2) is 7.45. The predicted molar refractivity (Wildman–Crippen MR) is 85.9 cm³/mol. The molecule has 0 unspecified atom stereocenters. The lowest BCUT2D eigenvalue weighted by Crippen LogP contribution is -2.50. The highest BCUT2D eigenvalue weighted by molar-refractivity contribution is 7.89. The van der Waals surface area contributed by atoms with Crippen molar-refractivity contribution in [2.24, 2.45) is 10.9 Å². The van der Waals surface area contributed by atoms with Gasteiger partial charge in [0.2, 0.25) is 10.0 Å². The van der Waals surface area contributed by atoms with Gasteiger partial charge in [0, 0.05) is 32.7 Å². The summed E-state index contributed by atoms with van der Waals surface area (Å²) in [4.78, 5) is 4.25. The van der Waals surface area contributed by atoms with Crippen LogP contribution in [0, 0.1) is 5.92 Å². The van der Waals surface area contributed by atoms with Crippen LogP contribution in [0.4, 0.5) is 0 Å². The fraction of sp³-hybridized carbons (Fsp3) is 0.929. The first-order chi connectivity index (χ1) is 10.0. The van der Waals surface area contributed by atoms with E-state index in [2.05, 4.69) is 15.6 Å². The van der Waals surface area contributed by atoms with Crippen molar-refractivity contribution in [3.05, 3.63) is 0 Å². The van der Waals surface area contributed by atoms with E-state index in [1.165, 1.54) is 19.3 Å². The Morgan fingerprint density at radius 2 is 1.90 bits per heavy atom. The third kappa shape index (κ3) is 5.14. The summed E-state index contributed by atoms with van der Waals surface area (Å²) in [5, 5.41) is 6.75. The molecule has 0 amide bonds. The number of guanidine groups is 1. The van der Waals surface area contributed by atoms with Crippen molar-refractivity contribution in [1.29, 1.82) is 0 Å². The first-order valence-corrected chi connectivity index (χ1v) is 9.61. The van der Waals surface area contributed by atoms with Crippen LogP contribution < -0.4 is 10.6 Å². The van der Waals surface area contributed by atoms with Crippen LogP contribution in [-0.4, -0.2) is 57.2 Å². The molecular weight excluding hydrogens is 288 g/mol. The summed E-state index contributed by atoms with van der Waals surface area (Å²) >= 11 is 0. The van der Waals surface area contributed by atoms with Crippen LogP contribution >= 0.6 is 0 Å². The number of piperidine rings is 1. The largest absolute Gasteiger partial charge is 0.356 e. The quantitative estimate of drug-likeness (QED) is 0.561. The van der Waals surface area contributed by atoms with Gasteiger partial charge in [0.15, 0.2) is 5.96 Å². The predicted octanol–water partition coefficient (Wildman–Crippen LogP) is 0.766. The fourth-order valence-electron chi connectivity index (χ4n) is 2.65. The summed E-state index contributed by atoms with van der Waals surface area (Å²) in [6, 6.07) is 0.306. The molecule has 2 fully saturated rings. The van der Waals surface area contributed by atoms with Crippen molar-refractivity contribution >= 4 is 16.0 Å². The second-order valence-electron chi connectivity index (χ2n) is 5.95. The van der Waals surface area contributed by atoms with Gasteiger partial charge >= 0.3 is 0 Å². The number of hydrogen-bond donors (Lipinski definition) is 2. The van der Waals surface area contributed by atoms with Crippen LogP contribution in [0.25, 0.3) is 0 Å². The number of sulfonamides is 1. The zero-order valence-electron chi connectivity index (χ0n) is 13.1. The standard InChI is InChI=1S/C14H28N4O2S/c1-3-21(19,20)18-10-7-13(8-11-18)17-14(15-2)16-9-6-12-4-5-12/h12-13H,3-11H2,1-2H3,(H2,15,16,17). The second-order valence-corrected chi connectivity index (χ2v) is 8.21. The molecule has 21 heavy (non-hydrogen) atoms. The van der Waals surface area contributed by atoms with Gasteiger partial charge in [-0.3, -0.25) is 4.99 Å². The van der Waals surface area contributed by atoms with Gasteiger partial charge in [-0.15, -0.1) is 0 Å². The van der Waals surface area contributed by atoms with Crippen LogP contribution in [0.1, 0.15) is 39.0 Å². The number of nitrogens with one attached hydrogen (secondary N) is 2. The number of hydrogen-bond acceptors (Lipinski definition) is 3. The maximum atomic E-state index is 11.8. The lowest BCUT2D eigenvalue weighted by Gasteiger charge is -2.32. The van der Waals surface area contributed by atoms with Crippen molar-refractivity contribution in [3.8, 4) is 0 Å². The highest BCUT2D eigenvalue weighted by atomic mass is 32.2. The van der Waals surface area contributed by atoms with Crippen LogP contribution in [0.5, 0.6) is 0 Å². The van der Waals surface area contributed by atoms with E-state index in [0.29, 0.717) is 19.1 Å². The highest BCUT2D eigenvalue weighted by Crippen LogP contribution is 2.31. The van der Waals surface area contributed by atoms with E-state index in [1.54, 1.807) is 18.3 Å². The Morgan fingerprint density at radius 3 is 2.43 bits per heavy atom. The molecule has 122 valence electrons. The summed E-state index contributed by atoms with van der Waals surface area (Å²) < 4.78 is 25.2. The van der Waals surface area contributed by atoms with Crippen LogP contribution in [0.2, 0.25) is 0 Å². The fourth-order valence-corrected chi connectivity index (χ4v) is 3.78. The molecule has 2 rings (SSSR count). The smallest absolute Gasteiger partial charge is 0.213 e. The van der Waals surface area contributed by atoms with Crippen molar-refractivity contribution < 1.29 is 8.42 Å². The average molecular weight is 316 g/mol. The Kier molecular flexibility index (Phi) is 5.87. The molecule has 0 aromatic carbocycles. The molecule has 7 heteroatoms. The zero-order valence-corrected chi connectivity index (χ0v) is 14.0. The molecule has 1 aliphatic heterocycles. The monoisotopic (exact) mass is 316 g/mol. The molecule has 2 N–H and O–H groups in total. The van der Waals surface area contributed by atoms with Crippen molar-refractivity contribution in [1.82, 2.24) is 14.9 Å². The van der Waals surface area contributed by atoms with Gasteiger partial charge in [0.1, 0.15) is 0 Å². The molecule has 0 spiro atoms. The molecule has 1 saturated carbocycles. The Labute approximate surface area is 128 Å². The van der Waals surface area contributed by atoms with Crippen molar-refractivity contribution in [2.75, 3.05) is 32.4 Å². The molecule has 0 atom stereocenters. The van der Waals surface area contributed by atoms with Gasteiger partial charge in [0.25, 0.3) is 0 Å². The minimum atomic E-state index is -3.04. The topological polar surface area (TPSA) is 73.8 Å². The first kappa shape index (κ1) is 16.5. The molecule has 0 aromatic rings. The summed E-state index contributed by atoms with van der Waals surface area (Å²) in [5.74, 6) is 1.95. The maximum Gasteiger partial charge on any atom is 0.213 e. The summed E-state index contributed by atoms with van der Waals surface area (Å²) in [6.45, 7) is 3.87. The van der Waals surface area contributed by atoms with E-state index in [4.69, 9.17) is 0 Å². The van der Waals surface area contributed by atoms with Gasteiger partial charge in [0.05, 0.1) is 5.75 Å². The Hall–Kier alpha value is -0.820. The molecule has 0 radical (unpaired) electrons. The SMILES string of the molecule is CCS(=O)(=O)N1CCC(NC(=NC)NCCC2CC2)CC1. The van der Waals surface area contributed by atoms with Gasteiger partial charge < -0.3 is 10.6 Å². The molecule has 6 nitrogen and oxygen atoms in total. The van der Waals surface area contributed by atoms with Crippen LogP contribution in [0.3, 0.4) is 0 Å². The number of aliphatic imine (C=N–C) groups is 1. The normalized spacial score (nSPS) is 22.3. The Bertz CT molecular complexity index is 452. The van der Waals surface area contributed by atoms with E-state index in [1.807, 2.05) is 0 Å². The van der Waals surface area contributed by atoms with Crippen molar-refractivity contribution in [3.63, 3.8) is 0 Å². The Morgan fingerprint density at radius 1 is 1.24 bits per heavy atom. The molecule has 0 bridgehead atoms. The molecule has 0 aromatic heterocycles. The highest BCUT2D eigenvalue weighted by Gasteiger charge is 2.27. The van der Waals surface area contributed by atoms with Crippen LogP contribution in [-0.2, 0) is 10.0 Å². The lowest BCUT2D eigenvalue weighted by atomic mass is 10.1. The third-order valence-corrected chi connectivity index (χ3v) is 6.20. The van der Waals surface area contributed by atoms with Gasteiger partial charge in [-0.1, -0.05) is 12.8 Å². The molecule has 2 aliphatic rings. The van der Waals surface area contributed by atoms with E-state index in [-0.39, 0.29) is 5.75 Å². The van der Waals surface area contributed by atoms with Gasteiger partial charge in [-0.05, 0) is 32.1 Å². The lowest BCUT2D eigenvalue weighted by molar-refractivity contribution is 0.306. The Balaban J connectivity index is 1.71.